The molecule has 5 rings (SSSR count). The second kappa shape index (κ2) is 12.3. The van der Waals surface area contributed by atoms with Crippen LogP contribution in [0.2, 0.25) is 0 Å². The van der Waals surface area contributed by atoms with Crippen LogP contribution in [0.3, 0.4) is 0 Å². The monoisotopic (exact) mass is 588 g/mol. The second-order valence-corrected chi connectivity index (χ2v) is 10.7. The average molecular weight is 589 g/mol. The zero-order chi connectivity index (χ0) is 30.9. The highest BCUT2D eigenvalue weighted by Gasteiger charge is 2.57. The molecule has 43 heavy (non-hydrogen) atoms. The van der Waals surface area contributed by atoms with Gasteiger partial charge in [0.2, 0.25) is 0 Å². The van der Waals surface area contributed by atoms with E-state index in [2.05, 4.69) is 42.6 Å². The van der Waals surface area contributed by atoms with Crippen LogP contribution in [0.15, 0.2) is 65.8 Å². The standard InChI is InChI=1S/C33H40N4O6/c1-5-35(6-2)21-13-15-25-29(17-21)43-30-18-22(36(7-3)8-4)14-16-26(30)33(25)24-12-10-9-11-23(24)32(42)37(33)34-19-27(39)31(41)28(40)20-38/h9-19,27-28,31,38-41H,5-8,20H2,1-4H3/b34-19+/t27-,28-,31+/m0/s1. The molecule has 0 saturated carbocycles. The zero-order valence-electron chi connectivity index (χ0n) is 25.0. The van der Waals surface area contributed by atoms with Crippen LogP contribution in [-0.2, 0) is 5.54 Å². The van der Waals surface area contributed by atoms with Crippen molar-refractivity contribution in [2.45, 2.75) is 51.5 Å². The van der Waals surface area contributed by atoms with Crippen molar-refractivity contribution in [2.24, 2.45) is 5.10 Å². The van der Waals surface area contributed by atoms with Crippen LogP contribution < -0.4 is 14.5 Å². The van der Waals surface area contributed by atoms with Gasteiger partial charge in [0.15, 0.2) is 0 Å². The highest BCUT2D eigenvalue weighted by Crippen LogP contribution is 2.58. The number of rotatable bonds is 11. The van der Waals surface area contributed by atoms with Gasteiger partial charge in [-0.3, -0.25) is 4.79 Å². The Balaban J connectivity index is 1.78. The molecular weight excluding hydrogens is 548 g/mol. The number of anilines is 2. The van der Waals surface area contributed by atoms with Crippen molar-refractivity contribution in [3.05, 3.63) is 82.9 Å². The molecule has 1 amide bonds. The maximum absolute atomic E-state index is 14.1. The summed E-state index contributed by atoms with van der Waals surface area (Å²) < 4.78 is 6.64. The van der Waals surface area contributed by atoms with E-state index in [9.17, 15) is 25.2 Å². The molecule has 3 aromatic rings. The third-order valence-electron chi connectivity index (χ3n) is 8.51. The Hall–Kier alpha value is -3.96. The number of hydrogen-bond donors (Lipinski definition) is 4. The van der Waals surface area contributed by atoms with Crippen LogP contribution in [0, 0.1) is 0 Å². The van der Waals surface area contributed by atoms with E-state index in [1.54, 1.807) is 12.1 Å². The number of hydrogen-bond acceptors (Lipinski definition) is 9. The number of fused-ring (bicyclic) bond motifs is 6. The molecular formula is C33H40N4O6. The fourth-order valence-corrected chi connectivity index (χ4v) is 6.20. The summed E-state index contributed by atoms with van der Waals surface area (Å²) in [4.78, 5) is 18.5. The summed E-state index contributed by atoms with van der Waals surface area (Å²) in [5.41, 5.74) is 3.26. The lowest BCUT2D eigenvalue weighted by atomic mass is 9.75. The van der Waals surface area contributed by atoms with Crippen molar-refractivity contribution in [1.29, 1.82) is 0 Å². The molecule has 1 spiro atoms. The predicted octanol–water partition coefficient (Wildman–Crippen LogP) is 3.29. The SMILES string of the molecule is CCN(CC)c1ccc2c(c1)Oc1cc(N(CC)CC)ccc1C21c2ccccc2C(=O)N1/N=C/[C@H](O)[C@@H](O)[C@@H](O)CO. The average Bonchev–Trinajstić information content (AvgIpc) is 3.28. The van der Waals surface area contributed by atoms with Crippen LogP contribution in [0.1, 0.15) is 54.7 Å². The number of aliphatic hydroxyl groups excluding tert-OH is 4. The maximum atomic E-state index is 14.1. The largest absolute Gasteiger partial charge is 0.456 e. The smallest absolute Gasteiger partial charge is 0.275 e. The maximum Gasteiger partial charge on any atom is 0.275 e. The summed E-state index contributed by atoms with van der Waals surface area (Å²) in [6, 6.07) is 19.2. The highest BCUT2D eigenvalue weighted by molar-refractivity contribution is 6.02. The fraction of sp³-hybridized carbons (Fsp3) is 0.394. The van der Waals surface area contributed by atoms with E-state index in [0.29, 0.717) is 33.8 Å². The van der Waals surface area contributed by atoms with E-state index in [1.807, 2.05) is 48.5 Å². The Bertz CT molecular complexity index is 1440. The molecule has 0 bridgehead atoms. The Morgan fingerprint density at radius 3 is 1.88 bits per heavy atom. The minimum atomic E-state index is -1.70. The minimum Gasteiger partial charge on any atom is -0.456 e. The normalized spacial score (nSPS) is 16.8. The molecule has 0 unspecified atom stereocenters. The Morgan fingerprint density at radius 2 is 1.37 bits per heavy atom. The molecule has 2 heterocycles. The molecule has 4 N–H and O–H groups in total. The first-order chi connectivity index (χ1) is 20.8. The molecule has 0 fully saturated rings. The van der Waals surface area contributed by atoms with Gasteiger partial charge in [-0.15, -0.1) is 0 Å². The first-order valence-electron chi connectivity index (χ1n) is 14.9. The quantitative estimate of drug-likeness (QED) is 0.251. The number of hydrazone groups is 1. The molecule has 2 aliphatic heterocycles. The number of aliphatic hydroxyl groups is 4. The van der Waals surface area contributed by atoms with Crippen LogP contribution >= 0.6 is 0 Å². The summed E-state index contributed by atoms with van der Waals surface area (Å²) in [6.45, 7) is 10.8. The van der Waals surface area contributed by atoms with Gasteiger partial charge < -0.3 is 35.0 Å². The van der Waals surface area contributed by atoms with Crippen molar-refractivity contribution in [3.8, 4) is 11.5 Å². The van der Waals surface area contributed by atoms with E-state index < -0.39 is 36.4 Å². The summed E-state index contributed by atoms with van der Waals surface area (Å²) in [5, 5.41) is 45.9. The van der Waals surface area contributed by atoms with Crippen LogP contribution in [0.25, 0.3) is 0 Å². The number of nitrogens with zero attached hydrogens (tertiary/aromatic N) is 4. The lowest BCUT2D eigenvalue weighted by Crippen LogP contribution is -2.46. The minimum absolute atomic E-state index is 0.393. The van der Waals surface area contributed by atoms with E-state index in [1.165, 1.54) is 5.01 Å². The van der Waals surface area contributed by atoms with Gasteiger partial charge in [0.25, 0.3) is 5.91 Å². The van der Waals surface area contributed by atoms with Gasteiger partial charge >= 0.3 is 0 Å². The summed E-state index contributed by atoms with van der Waals surface area (Å²) in [7, 11) is 0. The summed E-state index contributed by atoms with van der Waals surface area (Å²) >= 11 is 0. The number of carbonyl (C=O) groups is 1. The Morgan fingerprint density at radius 1 is 0.837 bits per heavy atom. The van der Waals surface area contributed by atoms with Crippen molar-refractivity contribution in [2.75, 3.05) is 42.6 Å². The van der Waals surface area contributed by atoms with E-state index in [-0.39, 0.29) is 0 Å². The predicted molar refractivity (Wildman–Crippen MR) is 166 cm³/mol. The molecule has 10 nitrogen and oxygen atoms in total. The molecule has 3 aromatic carbocycles. The molecule has 3 atom stereocenters. The summed E-state index contributed by atoms with van der Waals surface area (Å²) in [5.74, 6) is 0.764. The molecule has 10 heteroatoms. The Labute approximate surface area is 252 Å². The second-order valence-electron chi connectivity index (χ2n) is 10.7. The first kappa shape index (κ1) is 30.5. The first-order valence-corrected chi connectivity index (χ1v) is 14.9. The van der Waals surface area contributed by atoms with Gasteiger partial charge in [-0.25, -0.2) is 5.01 Å². The molecule has 228 valence electrons. The van der Waals surface area contributed by atoms with Gasteiger partial charge in [0.1, 0.15) is 35.3 Å². The van der Waals surface area contributed by atoms with Gasteiger partial charge in [0, 0.05) is 71.9 Å². The fourth-order valence-electron chi connectivity index (χ4n) is 6.20. The van der Waals surface area contributed by atoms with Crippen molar-refractivity contribution in [3.63, 3.8) is 0 Å². The van der Waals surface area contributed by atoms with Gasteiger partial charge in [0.05, 0.1) is 12.8 Å². The van der Waals surface area contributed by atoms with E-state index in [4.69, 9.17) is 4.74 Å². The zero-order valence-corrected chi connectivity index (χ0v) is 25.0. The van der Waals surface area contributed by atoms with Crippen LogP contribution in [0.4, 0.5) is 11.4 Å². The van der Waals surface area contributed by atoms with Gasteiger partial charge in [-0.05, 0) is 45.9 Å². The lowest BCUT2D eigenvalue weighted by molar-refractivity contribution is -0.0545. The van der Waals surface area contributed by atoms with Crippen molar-refractivity contribution >= 4 is 23.5 Å². The molecule has 2 aliphatic rings. The number of ether oxygens (including phenoxy) is 1. The van der Waals surface area contributed by atoms with E-state index in [0.717, 1.165) is 43.8 Å². The molecule has 0 radical (unpaired) electrons. The third-order valence-corrected chi connectivity index (χ3v) is 8.51. The number of carbonyl (C=O) groups excluding carboxylic acids is 1. The number of amides is 1. The van der Waals surface area contributed by atoms with Crippen LogP contribution in [0.5, 0.6) is 11.5 Å². The third kappa shape index (κ3) is 4.94. The molecule has 0 aliphatic carbocycles. The number of benzene rings is 3. The van der Waals surface area contributed by atoms with E-state index >= 15 is 0 Å². The van der Waals surface area contributed by atoms with Crippen LogP contribution in [-0.4, -0.2) is 88.7 Å². The van der Waals surface area contributed by atoms with Gasteiger partial charge in [-0.2, -0.15) is 5.10 Å². The van der Waals surface area contributed by atoms with Gasteiger partial charge in [-0.1, -0.05) is 30.3 Å². The lowest BCUT2D eigenvalue weighted by Gasteiger charge is -2.42. The van der Waals surface area contributed by atoms with Crippen molar-refractivity contribution in [1.82, 2.24) is 5.01 Å². The molecule has 0 aromatic heterocycles. The van der Waals surface area contributed by atoms with Crippen molar-refractivity contribution < 1.29 is 30.0 Å². The molecule has 0 saturated heterocycles. The topological polar surface area (TPSA) is 129 Å². The summed E-state index contributed by atoms with van der Waals surface area (Å²) in [6.07, 6.45) is -3.90. The Kier molecular flexibility index (Phi) is 8.75. The highest BCUT2D eigenvalue weighted by atomic mass is 16.5.